The summed E-state index contributed by atoms with van der Waals surface area (Å²) >= 11 is 12.0. The van der Waals surface area contributed by atoms with Crippen LogP contribution in [0.1, 0.15) is 38.2 Å². The predicted molar refractivity (Wildman–Crippen MR) is 79.6 cm³/mol. The topological polar surface area (TPSA) is 66.4 Å². The van der Waals surface area contributed by atoms with Crippen LogP contribution in [0.15, 0.2) is 17.0 Å². The van der Waals surface area contributed by atoms with E-state index in [1.807, 2.05) is 6.92 Å². The molecule has 0 radical (unpaired) electrons. The van der Waals surface area contributed by atoms with Crippen LogP contribution in [0.2, 0.25) is 10.0 Å². The Morgan fingerprint density at radius 3 is 2.45 bits per heavy atom. The predicted octanol–water partition coefficient (Wildman–Crippen LogP) is 3.10. The molecule has 0 bridgehead atoms. The van der Waals surface area contributed by atoms with Crippen molar-refractivity contribution >= 4 is 33.2 Å². The third kappa shape index (κ3) is 2.97. The van der Waals surface area contributed by atoms with E-state index in [2.05, 4.69) is 4.72 Å². The van der Waals surface area contributed by atoms with E-state index in [1.54, 1.807) is 0 Å². The van der Waals surface area contributed by atoms with Crippen LogP contribution >= 0.6 is 23.2 Å². The Hall–Kier alpha value is -0.330. The third-order valence-corrected chi connectivity index (χ3v) is 6.26. The van der Waals surface area contributed by atoms with E-state index < -0.39 is 10.0 Å². The van der Waals surface area contributed by atoms with E-state index in [-0.39, 0.29) is 27.1 Å². The number of hydrogen-bond donors (Lipinski definition) is 2. The molecule has 1 fully saturated rings. The molecular weight excluding hydrogens is 321 g/mol. The first-order valence-electron chi connectivity index (χ1n) is 6.46. The maximum atomic E-state index is 12.5. The van der Waals surface area contributed by atoms with Crippen molar-refractivity contribution < 1.29 is 13.5 Å². The summed E-state index contributed by atoms with van der Waals surface area (Å²) in [6.07, 6.45) is 3.40. The molecule has 0 aromatic heterocycles. The third-order valence-electron chi connectivity index (χ3n) is 3.88. The molecule has 0 heterocycles. The summed E-state index contributed by atoms with van der Waals surface area (Å²) < 4.78 is 27.7. The van der Waals surface area contributed by atoms with Gasteiger partial charge in [0.15, 0.2) is 0 Å². The molecule has 112 valence electrons. The number of nitrogens with one attached hydrogen (secondary N) is 1. The highest BCUT2D eigenvalue weighted by Crippen LogP contribution is 2.37. The normalized spacial score (nSPS) is 17.8. The zero-order valence-electron chi connectivity index (χ0n) is 11.1. The molecule has 0 aliphatic heterocycles. The SMILES string of the molecule is CCC1(NS(=O)(=O)c2cc(Cl)cc(CO)c2Cl)CCC1. The number of aliphatic hydroxyl groups is 1. The Bertz CT molecular complexity index is 607. The molecule has 0 atom stereocenters. The maximum absolute atomic E-state index is 12.5. The zero-order valence-corrected chi connectivity index (χ0v) is 13.4. The van der Waals surface area contributed by atoms with Gasteiger partial charge in [-0.3, -0.25) is 0 Å². The molecule has 20 heavy (non-hydrogen) atoms. The number of benzene rings is 1. The highest BCUT2D eigenvalue weighted by atomic mass is 35.5. The van der Waals surface area contributed by atoms with Gasteiger partial charge in [-0.05, 0) is 43.4 Å². The molecule has 1 aromatic carbocycles. The summed E-state index contributed by atoms with van der Waals surface area (Å²) in [5.41, 5.74) is -0.0668. The summed E-state index contributed by atoms with van der Waals surface area (Å²) in [5, 5.41) is 9.47. The molecule has 7 heteroatoms. The number of hydrogen-bond acceptors (Lipinski definition) is 3. The quantitative estimate of drug-likeness (QED) is 0.867. The summed E-state index contributed by atoms with van der Waals surface area (Å²) in [4.78, 5) is -0.0737. The summed E-state index contributed by atoms with van der Waals surface area (Å²) in [7, 11) is -3.75. The lowest BCUT2D eigenvalue weighted by atomic mass is 9.76. The average molecular weight is 338 g/mol. The van der Waals surface area contributed by atoms with Gasteiger partial charge in [0, 0.05) is 10.6 Å². The van der Waals surface area contributed by atoms with Gasteiger partial charge in [0.2, 0.25) is 10.0 Å². The molecular formula is C13H17Cl2NO3S. The zero-order chi connectivity index (χ0) is 15.0. The fourth-order valence-electron chi connectivity index (χ4n) is 2.40. The van der Waals surface area contributed by atoms with E-state index in [9.17, 15) is 13.5 Å². The van der Waals surface area contributed by atoms with E-state index in [0.29, 0.717) is 5.56 Å². The van der Waals surface area contributed by atoms with Crippen molar-refractivity contribution in [3.05, 3.63) is 27.7 Å². The lowest BCUT2D eigenvalue weighted by Gasteiger charge is -2.41. The van der Waals surface area contributed by atoms with Crippen LogP contribution in [0.25, 0.3) is 0 Å². The Kier molecular flexibility index (Phi) is 4.66. The monoisotopic (exact) mass is 337 g/mol. The minimum atomic E-state index is -3.75. The van der Waals surface area contributed by atoms with Gasteiger partial charge in [-0.2, -0.15) is 0 Å². The van der Waals surface area contributed by atoms with Gasteiger partial charge in [-0.25, -0.2) is 13.1 Å². The molecule has 1 aliphatic carbocycles. The van der Waals surface area contributed by atoms with Gasteiger partial charge in [0.25, 0.3) is 0 Å². The first kappa shape index (κ1) is 16.0. The van der Waals surface area contributed by atoms with Crippen LogP contribution in [0.4, 0.5) is 0 Å². The molecule has 0 amide bonds. The number of sulfonamides is 1. The van der Waals surface area contributed by atoms with Crippen LogP contribution < -0.4 is 4.72 Å². The van der Waals surface area contributed by atoms with Crippen molar-refractivity contribution in [2.45, 2.75) is 49.6 Å². The number of rotatable bonds is 5. The fourth-order valence-corrected chi connectivity index (χ4v) is 4.86. The Morgan fingerprint density at radius 2 is 2.00 bits per heavy atom. The average Bonchev–Trinajstić information content (AvgIpc) is 2.36. The van der Waals surface area contributed by atoms with E-state index >= 15 is 0 Å². The summed E-state index contributed by atoms with van der Waals surface area (Å²) in [6, 6.07) is 2.77. The van der Waals surface area contributed by atoms with E-state index in [4.69, 9.17) is 23.2 Å². The highest BCUT2D eigenvalue weighted by Gasteiger charge is 2.39. The molecule has 2 N–H and O–H groups in total. The molecule has 2 rings (SSSR count). The molecule has 0 saturated heterocycles. The smallest absolute Gasteiger partial charge is 0.242 e. The molecule has 1 saturated carbocycles. The van der Waals surface area contributed by atoms with E-state index in [0.717, 1.165) is 25.7 Å². The molecule has 1 aromatic rings. The highest BCUT2D eigenvalue weighted by molar-refractivity contribution is 7.89. The summed E-state index contributed by atoms with van der Waals surface area (Å²) in [6.45, 7) is 1.60. The number of halogens is 2. The molecule has 0 unspecified atom stereocenters. The van der Waals surface area contributed by atoms with Gasteiger partial charge < -0.3 is 5.11 Å². The first-order valence-corrected chi connectivity index (χ1v) is 8.70. The number of aliphatic hydroxyl groups excluding tert-OH is 1. The van der Waals surface area contributed by atoms with Gasteiger partial charge in [0.1, 0.15) is 4.90 Å². The second-order valence-electron chi connectivity index (χ2n) is 5.13. The summed E-state index contributed by atoms with van der Waals surface area (Å²) in [5.74, 6) is 0. The second kappa shape index (κ2) is 5.81. The van der Waals surface area contributed by atoms with Gasteiger partial charge >= 0.3 is 0 Å². The van der Waals surface area contributed by atoms with E-state index in [1.165, 1.54) is 12.1 Å². The molecule has 4 nitrogen and oxygen atoms in total. The van der Waals surface area contributed by atoms with Crippen molar-refractivity contribution in [3.63, 3.8) is 0 Å². The second-order valence-corrected chi connectivity index (χ2v) is 7.59. The van der Waals surface area contributed by atoms with Crippen molar-refractivity contribution in [1.29, 1.82) is 0 Å². The maximum Gasteiger partial charge on any atom is 0.242 e. The van der Waals surface area contributed by atoms with Crippen LogP contribution in [-0.2, 0) is 16.6 Å². The first-order chi connectivity index (χ1) is 9.33. The lowest BCUT2D eigenvalue weighted by molar-refractivity contribution is 0.214. The van der Waals surface area contributed by atoms with Crippen molar-refractivity contribution in [1.82, 2.24) is 4.72 Å². The Labute approximate surface area is 129 Å². The van der Waals surface area contributed by atoms with Crippen molar-refractivity contribution in [2.75, 3.05) is 0 Å². The standard InChI is InChI=1S/C13H17Cl2NO3S/c1-2-13(4-3-5-13)16-20(18,19)11-7-10(14)6-9(8-17)12(11)15/h6-7,16-17H,2-5,8H2,1H3. The largest absolute Gasteiger partial charge is 0.392 e. The van der Waals surface area contributed by atoms with Crippen LogP contribution in [0, 0.1) is 0 Å². The van der Waals surface area contributed by atoms with Crippen molar-refractivity contribution in [3.8, 4) is 0 Å². The molecule has 0 spiro atoms. The van der Waals surface area contributed by atoms with Crippen LogP contribution in [0.3, 0.4) is 0 Å². The van der Waals surface area contributed by atoms with Gasteiger partial charge in [-0.15, -0.1) is 0 Å². The lowest BCUT2D eigenvalue weighted by Crippen LogP contribution is -2.52. The Balaban J connectivity index is 2.42. The van der Waals surface area contributed by atoms with Crippen molar-refractivity contribution in [2.24, 2.45) is 0 Å². The van der Waals surface area contributed by atoms with Crippen LogP contribution in [-0.4, -0.2) is 19.1 Å². The van der Waals surface area contributed by atoms with Gasteiger partial charge in [0.05, 0.1) is 11.6 Å². The Morgan fingerprint density at radius 1 is 1.35 bits per heavy atom. The minimum absolute atomic E-state index is 0.0231. The minimum Gasteiger partial charge on any atom is -0.392 e. The fraction of sp³-hybridized carbons (Fsp3) is 0.538. The van der Waals surface area contributed by atoms with Crippen LogP contribution in [0.5, 0.6) is 0 Å². The van der Waals surface area contributed by atoms with Gasteiger partial charge in [-0.1, -0.05) is 30.1 Å². The molecule has 1 aliphatic rings.